The first-order valence-corrected chi connectivity index (χ1v) is 7.25. The highest BCUT2D eigenvalue weighted by molar-refractivity contribution is 7.20. The first-order valence-electron chi connectivity index (χ1n) is 5.67. The fourth-order valence-corrected chi connectivity index (χ4v) is 2.69. The minimum absolute atomic E-state index is 0.0706. The van der Waals surface area contributed by atoms with E-state index in [1.165, 1.54) is 19.4 Å². The first-order chi connectivity index (χ1) is 9.15. The molecule has 0 saturated heterocycles. The standard InChI is InChI=1S/C13H15Cl2NO3S/c1-13(2,3)16-6-8(12(18)19-4)10(17)7-5-9(14)20-11(7)15/h5-6,17H,1-4H3/b10-8-,16-6?. The summed E-state index contributed by atoms with van der Waals surface area (Å²) in [5, 5.41) is 10.2. The lowest BCUT2D eigenvalue weighted by Crippen LogP contribution is -2.14. The molecular weight excluding hydrogens is 321 g/mol. The summed E-state index contributed by atoms with van der Waals surface area (Å²) in [5.41, 5.74) is -0.184. The Hall–Kier alpha value is -1.04. The average molecular weight is 336 g/mol. The Morgan fingerprint density at radius 2 is 2.05 bits per heavy atom. The van der Waals surface area contributed by atoms with Gasteiger partial charge < -0.3 is 9.84 Å². The van der Waals surface area contributed by atoms with Gasteiger partial charge in [0.05, 0.1) is 17.0 Å². The lowest BCUT2D eigenvalue weighted by molar-refractivity contribution is -0.135. The molecule has 110 valence electrons. The van der Waals surface area contributed by atoms with E-state index in [9.17, 15) is 9.90 Å². The summed E-state index contributed by atoms with van der Waals surface area (Å²) in [6, 6.07) is 1.48. The lowest BCUT2D eigenvalue weighted by atomic mass is 10.1. The molecule has 1 rings (SSSR count). The number of hydrogen-bond acceptors (Lipinski definition) is 5. The third kappa shape index (κ3) is 4.51. The van der Waals surface area contributed by atoms with E-state index in [2.05, 4.69) is 9.73 Å². The molecule has 1 N–H and O–H groups in total. The van der Waals surface area contributed by atoms with Crippen molar-refractivity contribution in [2.75, 3.05) is 7.11 Å². The molecule has 0 aliphatic rings. The molecule has 0 radical (unpaired) electrons. The summed E-state index contributed by atoms with van der Waals surface area (Å²) in [4.78, 5) is 16.0. The number of carbonyl (C=O) groups excluding carboxylic acids is 1. The summed E-state index contributed by atoms with van der Waals surface area (Å²) >= 11 is 12.9. The van der Waals surface area contributed by atoms with Crippen LogP contribution in [0.25, 0.3) is 5.76 Å². The van der Waals surface area contributed by atoms with Crippen LogP contribution in [0.3, 0.4) is 0 Å². The second-order valence-corrected chi connectivity index (χ2v) is 7.21. The molecule has 7 heteroatoms. The van der Waals surface area contributed by atoms with E-state index in [0.717, 1.165) is 11.3 Å². The van der Waals surface area contributed by atoms with Crippen LogP contribution in [-0.2, 0) is 9.53 Å². The molecule has 0 aliphatic heterocycles. The second-order valence-electron chi connectivity index (χ2n) is 4.92. The van der Waals surface area contributed by atoms with Crippen molar-refractivity contribution in [3.63, 3.8) is 0 Å². The van der Waals surface area contributed by atoms with Crippen LogP contribution in [-0.4, -0.2) is 29.9 Å². The van der Waals surface area contributed by atoms with Gasteiger partial charge in [-0.2, -0.15) is 0 Å². The van der Waals surface area contributed by atoms with E-state index in [4.69, 9.17) is 23.2 Å². The molecule has 1 aromatic heterocycles. The number of aliphatic imine (C=N–C) groups is 1. The maximum atomic E-state index is 11.8. The van der Waals surface area contributed by atoms with Crippen molar-refractivity contribution in [1.82, 2.24) is 0 Å². The molecule has 0 amide bonds. The number of esters is 1. The summed E-state index contributed by atoms with van der Waals surface area (Å²) in [6.07, 6.45) is 1.28. The van der Waals surface area contributed by atoms with Crippen LogP contribution < -0.4 is 0 Å². The number of ether oxygens (including phenoxy) is 1. The van der Waals surface area contributed by atoms with Gasteiger partial charge in [0.1, 0.15) is 15.7 Å². The summed E-state index contributed by atoms with van der Waals surface area (Å²) in [7, 11) is 1.22. The van der Waals surface area contributed by atoms with Crippen LogP contribution in [0.1, 0.15) is 26.3 Å². The van der Waals surface area contributed by atoms with Gasteiger partial charge in [0, 0.05) is 11.8 Å². The Kier molecular flexibility index (Phi) is 5.62. The predicted octanol–water partition coefficient (Wildman–Crippen LogP) is 4.37. The largest absolute Gasteiger partial charge is 0.506 e. The second kappa shape index (κ2) is 6.61. The highest BCUT2D eigenvalue weighted by Gasteiger charge is 2.20. The van der Waals surface area contributed by atoms with Gasteiger partial charge >= 0.3 is 5.97 Å². The van der Waals surface area contributed by atoms with Crippen molar-refractivity contribution >= 4 is 52.5 Å². The molecule has 20 heavy (non-hydrogen) atoms. The number of nitrogens with zero attached hydrogens (tertiary/aromatic N) is 1. The number of aliphatic hydroxyl groups is 1. The molecule has 0 atom stereocenters. The Bertz CT molecular complexity index is 571. The molecule has 0 spiro atoms. The zero-order chi connectivity index (χ0) is 15.5. The third-order valence-electron chi connectivity index (χ3n) is 2.15. The van der Waals surface area contributed by atoms with Crippen LogP contribution in [0.4, 0.5) is 0 Å². The normalized spacial score (nSPS) is 13.5. The minimum Gasteiger partial charge on any atom is -0.506 e. The highest BCUT2D eigenvalue weighted by atomic mass is 35.5. The van der Waals surface area contributed by atoms with Crippen molar-refractivity contribution in [3.8, 4) is 0 Å². The molecule has 0 bridgehead atoms. The van der Waals surface area contributed by atoms with Gasteiger partial charge in [-0.1, -0.05) is 23.2 Å². The quantitative estimate of drug-likeness (QED) is 0.386. The summed E-state index contributed by atoms with van der Waals surface area (Å²) in [6.45, 7) is 5.59. The number of hydrogen-bond donors (Lipinski definition) is 1. The van der Waals surface area contributed by atoms with Crippen molar-refractivity contribution in [2.45, 2.75) is 26.3 Å². The topological polar surface area (TPSA) is 58.9 Å². The van der Waals surface area contributed by atoms with Crippen LogP contribution in [0.2, 0.25) is 8.67 Å². The first kappa shape index (κ1) is 17.0. The highest BCUT2D eigenvalue weighted by Crippen LogP contribution is 2.35. The molecule has 0 fully saturated rings. The van der Waals surface area contributed by atoms with Crippen LogP contribution in [0.15, 0.2) is 16.6 Å². The molecule has 0 aliphatic carbocycles. The van der Waals surface area contributed by atoms with Gasteiger partial charge in [-0.15, -0.1) is 11.3 Å². The van der Waals surface area contributed by atoms with E-state index in [1.807, 2.05) is 20.8 Å². The van der Waals surface area contributed by atoms with Crippen molar-refractivity contribution < 1.29 is 14.6 Å². The molecule has 0 aromatic carbocycles. The van der Waals surface area contributed by atoms with E-state index in [-0.39, 0.29) is 21.2 Å². The summed E-state index contributed by atoms with van der Waals surface area (Å²) < 4.78 is 5.35. The smallest absolute Gasteiger partial charge is 0.343 e. The average Bonchev–Trinajstić information content (AvgIpc) is 2.66. The number of rotatable bonds is 3. The fraction of sp³-hybridized carbons (Fsp3) is 0.385. The number of carbonyl (C=O) groups is 1. The van der Waals surface area contributed by atoms with Crippen LogP contribution in [0, 0.1) is 0 Å². The van der Waals surface area contributed by atoms with E-state index in [0.29, 0.717) is 4.34 Å². The third-order valence-corrected chi connectivity index (χ3v) is 3.64. The molecule has 0 saturated carbocycles. The zero-order valence-electron chi connectivity index (χ0n) is 11.5. The molecule has 1 aromatic rings. The monoisotopic (exact) mass is 335 g/mol. The Balaban J connectivity index is 3.35. The Morgan fingerprint density at radius 1 is 1.45 bits per heavy atom. The van der Waals surface area contributed by atoms with Gasteiger partial charge in [0.2, 0.25) is 0 Å². The van der Waals surface area contributed by atoms with Crippen molar-refractivity contribution in [1.29, 1.82) is 0 Å². The van der Waals surface area contributed by atoms with Crippen LogP contribution in [0.5, 0.6) is 0 Å². The zero-order valence-corrected chi connectivity index (χ0v) is 13.9. The lowest BCUT2D eigenvalue weighted by Gasteiger charge is -2.12. The summed E-state index contributed by atoms with van der Waals surface area (Å²) in [5.74, 6) is -1.01. The number of methoxy groups -OCH3 is 1. The fourth-order valence-electron chi connectivity index (χ4n) is 1.23. The maximum absolute atomic E-state index is 11.8. The van der Waals surface area contributed by atoms with Gasteiger partial charge in [0.25, 0.3) is 0 Å². The van der Waals surface area contributed by atoms with E-state index in [1.54, 1.807) is 0 Å². The van der Waals surface area contributed by atoms with Gasteiger partial charge in [0.15, 0.2) is 0 Å². The minimum atomic E-state index is -0.700. The molecule has 0 unspecified atom stereocenters. The van der Waals surface area contributed by atoms with Crippen molar-refractivity contribution in [3.05, 3.63) is 25.9 Å². The van der Waals surface area contributed by atoms with Crippen molar-refractivity contribution in [2.24, 2.45) is 4.99 Å². The number of halogens is 2. The van der Waals surface area contributed by atoms with E-state index < -0.39 is 11.5 Å². The predicted molar refractivity (Wildman–Crippen MR) is 84.1 cm³/mol. The number of thiophene rings is 1. The molecule has 4 nitrogen and oxygen atoms in total. The Labute approximate surface area is 131 Å². The van der Waals surface area contributed by atoms with Gasteiger partial charge in [-0.25, -0.2) is 4.79 Å². The van der Waals surface area contributed by atoms with Gasteiger partial charge in [-0.3, -0.25) is 4.99 Å². The Morgan fingerprint density at radius 3 is 2.45 bits per heavy atom. The maximum Gasteiger partial charge on any atom is 0.343 e. The van der Waals surface area contributed by atoms with Gasteiger partial charge in [-0.05, 0) is 26.8 Å². The number of aliphatic hydroxyl groups excluding tert-OH is 1. The molecular formula is C13H15Cl2NO3S. The molecule has 1 heterocycles. The SMILES string of the molecule is COC(=O)/C(C=NC(C)(C)C)=C(\O)c1cc(Cl)sc1Cl. The van der Waals surface area contributed by atoms with E-state index >= 15 is 0 Å². The van der Waals surface area contributed by atoms with Crippen LogP contribution >= 0.6 is 34.5 Å².